The van der Waals surface area contributed by atoms with E-state index in [-0.39, 0.29) is 12.2 Å². The normalized spacial score (nSPS) is 15.5. The number of esters is 2. The van der Waals surface area contributed by atoms with Gasteiger partial charge in [0, 0.05) is 11.8 Å². The number of carbonyl (C=O) groups is 2. The number of benzene rings is 1. The van der Waals surface area contributed by atoms with Gasteiger partial charge in [0.05, 0.1) is 29.5 Å². The fraction of sp³-hybridized carbons (Fsp3) is 0.250. The first-order valence-corrected chi connectivity index (χ1v) is 12.1. The maximum Gasteiger partial charge on any atom is 0.338 e. The van der Waals surface area contributed by atoms with Crippen molar-refractivity contribution < 1.29 is 23.8 Å². The Morgan fingerprint density at radius 3 is 2.68 bits per heavy atom. The van der Waals surface area contributed by atoms with E-state index in [1.807, 2.05) is 17.5 Å². The Balaban J connectivity index is 1.86. The van der Waals surface area contributed by atoms with Gasteiger partial charge in [0.1, 0.15) is 6.04 Å². The average Bonchev–Trinajstić information content (AvgIpc) is 3.42. The lowest BCUT2D eigenvalue weighted by molar-refractivity contribution is -0.139. The monoisotopic (exact) mass is 498 g/mol. The molecule has 1 aliphatic rings. The number of rotatable bonds is 6. The first-order chi connectivity index (χ1) is 16.3. The number of carbonyl (C=O) groups excluding carboxylic acids is 2. The fourth-order valence-corrected chi connectivity index (χ4v) is 5.54. The number of hydrogen-bond donors (Lipinski definition) is 0. The van der Waals surface area contributed by atoms with Gasteiger partial charge in [0.15, 0.2) is 16.3 Å². The molecule has 1 aliphatic heterocycles. The number of thiophene rings is 1. The minimum absolute atomic E-state index is 0.225. The number of methoxy groups -OCH3 is 1. The van der Waals surface area contributed by atoms with Crippen molar-refractivity contribution in [3.05, 3.63) is 77.1 Å². The molecule has 4 rings (SSSR count). The van der Waals surface area contributed by atoms with Crippen molar-refractivity contribution in [2.45, 2.75) is 26.8 Å². The van der Waals surface area contributed by atoms with Gasteiger partial charge < -0.3 is 14.2 Å². The van der Waals surface area contributed by atoms with Crippen molar-refractivity contribution in [3.63, 3.8) is 0 Å². The highest BCUT2D eigenvalue weighted by atomic mass is 32.1. The molecule has 0 bridgehead atoms. The maximum absolute atomic E-state index is 13.5. The second kappa shape index (κ2) is 9.78. The molecular formula is C24H22N2O6S2. The van der Waals surface area contributed by atoms with E-state index in [9.17, 15) is 14.4 Å². The third kappa shape index (κ3) is 4.46. The lowest BCUT2D eigenvalue weighted by Crippen LogP contribution is -2.39. The van der Waals surface area contributed by atoms with Gasteiger partial charge in [-0.3, -0.25) is 14.2 Å². The van der Waals surface area contributed by atoms with Gasteiger partial charge in [-0.25, -0.2) is 9.79 Å². The van der Waals surface area contributed by atoms with E-state index < -0.39 is 18.0 Å². The molecule has 0 spiro atoms. The summed E-state index contributed by atoms with van der Waals surface area (Å²) in [5, 5.41) is 1.90. The molecule has 34 heavy (non-hydrogen) atoms. The molecule has 2 aromatic heterocycles. The topological polar surface area (TPSA) is 96.2 Å². The molecule has 176 valence electrons. The van der Waals surface area contributed by atoms with Crippen LogP contribution in [-0.2, 0) is 14.3 Å². The fourth-order valence-electron chi connectivity index (χ4n) is 3.67. The third-order valence-electron chi connectivity index (χ3n) is 5.07. The van der Waals surface area contributed by atoms with Crippen LogP contribution >= 0.6 is 22.7 Å². The van der Waals surface area contributed by atoms with E-state index in [2.05, 4.69) is 4.99 Å². The minimum atomic E-state index is -0.613. The zero-order valence-corrected chi connectivity index (χ0v) is 20.6. The second-order valence-electron chi connectivity index (χ2n) is 7.32. The van der Waals surface area contributed by atoms with Gasteiger partial charge in [-0.05, 0) is 49.1 Å². The Morgan fingerprint density at radius 2 is 2.03 bits per heavy atom. The summed E-state index contributed by atoms with van der Waals surface area (Å²) in [6.45, 7) is 5.03. The molecule has 0 amide bonds. The van der Waals surface area contributed by atoms with Gasteiger partial charge in [0.25, 0.3) is 5.56 Å². The summed E-state index contributed by atoms with van der Waals surface area (Å²) in [7, 11) is 1.47. The highest BCUT2D eigenvalue weighted by molar-refractivity contribution is 7.10. The van der Waals surface area contributed by atoms with Crippen molar-refractivity contribution in [2.75, 3.05) is 13.7 Å². The third-order valence-corrected chi connectivity index (χ3v) is 6.98. The van der Waals surface area contributed by atoms with Crippen LogP contribution in [0.4, 0.5) is 0 Å². The van der Waals surface area contributed by atoms with Crippen LogP contribution in [0.1, 0.15) is 37.3 Å². The Kier molecular flexibility index (Phi) is 6.80. The molecular weight excluding hydrogens is 476 g/mol. The van der Waals surface area contributed by atoms with E-state index in [1.54, 1.807) is 42.7 Å². The molecule has 1 atom stereocenters. The summed E-state index contributed by atoms with van der Waals surface area (Å²) in [5.41, 5.74) is 1.30. The Hall–Kier alpha value is -3.50. The summed E-state index contributed by atoms with van der Waals surface area (Å²) >= 11 is 2.70. The molecule has 8 nitrogen and oxygen atoms in total. The van der Waals surface area contributed by atoms with Gasteiger partial charge >= 0.3 is 11.9 Å². The summed E-state index contributed by atoms with van der Waals surface area (Å²) in [6, 6.07) is 8.18. The number of ether oxygens (including phenoxy) is 3. The Labute approximate surface area is 203 Å². The quantitative estimate of drug-likeness (QED) is 0.383. The average molecular weight is 499 g/mol. The van der Waals surface area contributed by atoms with Crippen LogP contribution in [0.25, 0.3) is 6.08 Å². The maximum atomic E-state index is 13.5. The first kappa shape index (κ1) is 23.7. The van der Waals surface area contributed by atoms with Crippen LogP contribution in [0.5, 0.6) is 11.5 Å². The Bertz CT molecular complexity index is 1460. The van der Waals surface area contributed by atoms with Crippen LogP contribution in [0.3, 0.4) is 0 Å². The second-order valence-corrected chi connectivity index (χ2v) is 9.31. The summed E-state index contributed by atoms with van der Waals surface area (Å²) < 4.78 is 17.7. The molecule has 0 N–H and O–H groups in total. The lowest BCUT2D eigenvalue weighted by atomic mass is 10.0. The summed E-state index contributed by atoms with van der Waals surface area (Å²) in [5.74, 6) is -0.280. The molecule has 0 saturated carbocycles. The van der Waals surface area contributed by atoms with E-state index in [0.717, 1.165) is 4.88 Å². The van der Waals surface area contributed by atoms with Crippen molar-refractivity contribution in [1.82, 2.24) is 4.57 Å². The van der Waals surface area contributed by atoms with Crippen molar-refractivity contribution in [1.29, 1.82) is 0 Å². The molecule has 3 heterocycles. The largest absolute Gasteiger partial charge is 0.493 e. The predicted octanol–water partition coefficient (Wildman–Crippen LogP) is 2.79. The van der Waals surface area contributed by atoms with Crippen LogP contribution in [0, 0.1) is 0 Å². The lowest BCUT2D eigenvalue weighted by Gasteiger charge is -2.23. The van der Waals surface area contributed by atoms with Crippen LogP contribution in [0.15, 0.2) is 56.8 Å². The van der Waals surface area contributed by atoms with E-state index >= 15 is 0 Å². The summed E-state index contributed by atoms with van der Waals surface area (Å²) in [6.07, 6.45) is 1.72. The number of thiazole rings is 1. The van der Waals surface area contributed by atoms with Gasteiger partial charge in [-0.1, -0.05) is 23.5 Å². The summed E-state index contributed by atoms with van der Waals surface area (Å²) in [4.78, 5) is 43.6. The number of nitrogens with zero attached hydrogens (tertiary/aromatic N) is 2. The highest BCUT2D eigenvalue weighted by Gasteiger charge is 2.33. The van der Waals surface area contributed by atoms with E-state index in [1.165, 1.54) is 36.7 Å². The number of hydrogen-bond acceptors (Lipinski definition) is 9. The smallest absolute Gasteiger partial charge is 0.338 e. The number of fused-ring (bicyclic) bond motifs is 1. The SMILES string of the molecule is CCOC(=O)C1=C(C)N=c2s/c(=C\c3ccc(OC(C)=O)c(OC)c3)c(=O)n2[C@H]1c1cccs1. The van der Waals surface area contributed by atoms with Crippen LogP contribution in [0.2, 0.25) is 0 Å². The predicted molar refractivity (Wildman–Crippen MR) is 129 cm³/mol. The molecule has 0 aliphatic carbocycles. The van der Waals surface area contributed by atoms with Crippen molar-refractivity contribution >= 4 is 40.7 Å². The van der Waals surface area contributed by atoms with Gasteiger partial charge in [-0.2, -0.15) is 0 Å². The first-order valence-electron chi connectivity index (χ1n) is 10.4. The number of aromatic nitrogens is 1. The molecule has 0 fully saturated rings. The standard InChI is InChI=1S/C24H22N2O6S2/c1-5-31-23(29)20-13(2)25-24-26(21(20)18-7-6-10-33-18)22(28)19(34-24)12-15-8-9-16(32-14(3)27)17(11-15)30-4/h6-12,21H,5H2,1-4H3/b19-12-/t21-/m0/s1. The van der Waals surface area contributed by atoms with E-state index in [0.29, 0.717) is 37.7 Å². The molecule has 0 radical (unpaired) electrons. The van der Waals surface area contributed by atoms with Crippen LogP contribution < -0.4 is 24.4 Å². The molecule has 0 unspecified atom stereocenters. The van der Waals surface area contributed by atoms with E-state index in [4.69, 9.17) is 14.2 Å². The molecule has 1 aromatic carbocycles. The zero-order chi connectivity index (χ0) is 24.4. The van der Waals surface area contributed by atoms with Gasteiger partial charge in [-0.15, -0.1) is 11.3 Å². The number of allylic oxidation sites excluding steroid dienone is 1. The molecule has 0 saturated heterocycles. The molecule has 3 aromatic rings. The minimum Gasteiger partial charge on any atom is -0.493 e. The highest BCUT2D eigenvalue weighted by Crippen LogP contribution is 2.33. The Morgan fingerprint density at radius 1 is 1.24 bits per heavy atom. The van der Waals surface area contributed by atoms with Crippen LogP contribution in [-0.4, -0.2) is 30.2 Å². The van der Waals surface area contributed by atoms with Gasteiger partial charge in [0.2, 0.25) is 0 Å². The zero-order valence-electron chi connectivity index (χ0n) is 19.0. The molecule has 10 heteroatoms. The van der Waals surface area contributed by atoms with Crippen molar-refractivity contribution in [3.8, 4) is 11.5 Å². The van der Waals surface area contributed by atoms with Crippen molar-refractivity contribution in [2.24, 2.45) is 4.99 Å².